The van der Waals surface area contributed by atoms with Crippen LogP contribution in [0.25, 0.3) is 11.1 Å². The molecule has 0 aromatic heterocycles. The average molecular weight is 566 g/mol. The Labute approximate surface area is 243 Å². The van der Waals surface area contributed by atoms with Gasteiger partial charge < -0.3 is 29.3 Å². The van der Waals surface area contributed by atoms with Gasteiger partial charge in [0.05, 0.1) is 6.10 Å². The molecule has 2 aliphatic heterocycles. The van der Waals surface area contributed by atoms with Gasteiger partial charge in [0.15, 0.2) is 0 Å². The maximum Gasteiger partial charge on any atom is 0.410 e. The normalized spacial score (nSPS) is 16.8. The second-order valence-corrected chi connectivity index (χ2v) is 12.0. The van der Waals surface area contributed by atoms with Gasteiger partial charge >= 0.3 is 12.2 Å². The quantitative estimate of drug-likeness (QED) is 0.447. The fourth-order valence-electron chi connectivity index (χ4n) is 5.05. The van der Waals surface area contributed by atoms with Crippen molar-refractivity contribution < 1.29 is 28.6 Å². The molecule has 1 atom stereocenters. The zero-order chi connectivity index (χ0) is 29.6. The van der Waals surface area contributed by atoms with E-state index in [0.717, 1.165) is 42.6 Å². The van der Waals surface area contributed by atoms with Gasteiger partial charge in [-0.1, -0.05) is 36.4 Å². The molecule has 2 aliphatic rings. The molecule has 0 saturated carbocycles. The third-order valence-electron chi connectivity index (χ3n) is 7.10. The van der Waals surface area contributed by atoms with Crippen LogP contribution in [0.15, 0.2) is 48.5 Å². The molecule has 3 amide bonds. The lowest BCUT2D eigenvalue weighted by atomic mass is 10.00. The van der Waals surface area contributed by atoms with Crippen LogP contribution in [0.5, 0.6) is 5.75 Å². The van der Waals surface area contributed by atoms with Gasteiger partial charge in [-0.3, -0.25) is 4.79 Å². The molecule has 0 aliphatic carbocycles. The minimum absolute atomic E-state index is 0.0470. The Kier molecular flexibility index (Phi) is 9.78. The van der Waals surface area contributed by atoms with E-state index in [2.05, 4.69) is 5.32 Å². The van der Waals surface area contributed by atoms with Crippen LogP contribution in [0, 0.1) is 0 Å². The Bertz CT molecular complexity index is 1180. The highest BCUT2D eigenvalue weighted by Gasteiger charge is 2.31. The Morgan fingerprint density at radius 3 is 1.93 bits per heavy atom. The summed E-state index contributed by atoms with van der Waals surface area (Å²) in [5.41, 5.74) is 2.05. The van der Waals surface area contributed by atoms with E-state index >= 15 is 0 Å². The summed E-state index contributed by atoms with van der Waals surface area (Å²) >= 11 is 0. The van der Waals surface area contributed by atoms with Gasteiger partial charge in [0.25, 0.3) is 0 Å². The minimum Gasteiger partial charge on any atom is -0.490 e. The van der Waals surface area contributed by atoms with Crippen molar-refractivity contribution in [2.75, 3.05) is 26.2 Å². The predicted molar refractivity (Wildman–Crippen MR) is 157 cm³/mol. The number of hydrogen-bond acceptors (Lipinski definition) is 6. The lowest BCUT2D eigenvalue weighted by Gasteiger charge is -2.32. The number of carbonyl (C=O) groups is 3. The zero-order valence-corrected chi connectivity index (χ0v) is 24.9. The molecule has 1 N–H and O–H groups in total. The third-order valence-corrected chi connectivity index (χ3v) is 7.10. The first-order valence-corrected chi connectivity index (χ1v) is 14.6. The highest BCUT2D eigenvalue weighted by Crippen LogP contribution is 2.27. The van der Waals surface area contributed by atoms with Crippen LogP contribution >= 0.6 is 0 Å². The van der Waals surface area contributed by atoms with E-state index in [4.69, 9.17) is 14.2 Å². The van der Waals surface area contributed by atoms with Crippen molar-refractivity contribution in [3.8, 4) is 16.9 Å². The molecule has 9 nitrogen and oxygen atoms in total. The molecule has 0 spiro atoms. The average Bonchev–Trinajstić information content (AvgIpc) is 3.46. The van der Waals surface area contributed by atoms with Crippen LogP contribution in [-0.2, 0) is 14.3 Å². The molecule has 41 heavy (non-hydrogen) atoms. The molecule has 222 valence electrons. The number of alkyl carbamates (subject to hydrolysis) is 1. The smallest absolute Gasteiger partial charge is 0.410 e. The van der Waals surface area contributed by atoms with E-state index in [9.17, 15) is 14.4 Å². The number of benzene rings is 2. The predicted octanol–water partition coefficient (Wildman–Crippen LogP) is 5.93. The lowest BCUT2D eigenvalue weighted by Crippen LogP contribution is -2.43. The largest absolute Gasteiger partial charge is 0.490 e. The lowest BCUT2D eigenvalue weighted by molar-refractivity contribution is -0.132. The number of likely N-dealkylation sites (tertiary alicyclic amines) is 2. The van der Waals surface area contributed by atoms with E-state index in [1.165, 1.54) is 0 Å². The van der Waals surface area contributed by atoms with E-state index in [1.807, 2.05) is 62.4 Å². The Hall–Kier alpha value is -3.75. The summed E-state index contributed by atoms with van der Waals surface area (Å²) in [6.45, 7) is 11.7. The van der Waals surface area contributed by atoms with E-state index in [0.29, 0.717) is 31.7 Å². The molecule has 4 rings (SSSR count). The number of rotatable bonds is 7. The van der Waals surface area contributed by atoms with E-state index in [-0.39, 0.29) is 24.2 Å². The summed E-state index contributed by atoms with van der Waals surface area (Å²) in [6, 6.07) is 14.8. The van der Waals surface area contributed by atoms with Gasteiger partial charge in [0, 0.05) is 39.0 Å². The van der Waals surface area contributed by atoms with E-state index in [1.54, 1.807) is 30.6 Å². The summed E-state index contributed by atoms with van der Waals surface area (Å²) in [5.74, 6) is 0.664. The summed E-state index contributed by atoms with van der Waals surface area (Å²) < 4.78 is 16.9. The van der Waals surface area contributed by atoms with Crippen molar-refractivity contribution in [2.45, 2.75) is 84.2 Å². The molecular weight excluding hydrogens is 522 g/mol. The van der Waals surface area contributed by atoms with Crippen molar-refractivity contribution in [1.82, 2.24) is 15.1 Å². The van der Waals surface area contributed by atoms with Crippen molar-refractivity contribution >= 4 is 18.1 Å². The second kappa shape index (κ2) is 13.3. The molecule has 0 bridgehead atoms. The van der Waals surface area contributed by atoms with Gasteiger partial charge in [-0.25, -0.2) is 9.59 Å². The first kappa shape index (κ1) is 30.2. The molecule has 2 aromatic carbocycles. The summed E-state index contributed by atoms with van der Waals surface area (Å²) in [6.07, 6.45) is 2.49. The molecular formula is C32H43N3O6. The van der Waals surface area contributed by atoms with Crippen LogP contribution in [0.1, 0.15) is 71.9 Å². The molecule has 2 fully saturated rings. The number of piperidine rings is 1. The Morgan fingerprint density at radius 2 is 1.39 bits per heavy atom. The van der Waals surface area contributed by atoms with Gasteiger partial charge in [-0.05, 0) is 76.3 Å². The Balaban J connectivity index is 1.38. The second-order valence-electron chi connectivity index (χ2n) is 12.0. The van der Waals surface area contributed by atoms with Crippen molar-refractivity contribution in [3.63, 3.8) is 0 Å². The van der Waals surface area contributed by atoms with Crippen LogP contribution in [-0.4, -0.2) is 71.9 Å². The summed E-state index contributed by atoms with van der Waals surface area (Å²) in [7, 11) is 0. The summed E-state index contributed by atoms with van der Waals surface area (Å²) in [5, 5.41) is 2.79. The molecule has 9 heteroatoms. The fourth-order valence-corrected chi connectivity index (χ4v) is 5.05. The maximum atomic E-state index is 13.3. The fraction of sp³-hybridized carbons (Fsp3) is 0.531. The van der Waals surface area contributed by atoms with Crippen molar-refractivity contribution in [2.24, 2.45) is 0 Å². The molecule has 2 aromatic rings. The van der Waals surface area contributed by atoms with E-state index < -0.39 is 17.7 Å². The van der Waals surface area contributed by atoms with Crippen LogP contribution in [0.4, 0.5) is 9.59 Å². The van der Waals surface area contributed by atoms with Gasteiger partial charge in [0.2, 0.25) is 5.91 Å². The number of nitrogens with one attached hydrogen (secondary N) is 1. The standard InChI is InChI=1S/C32H43N3O6/c1-22(2)39-31(38)35-20-16-27(17-21-35)40-26-14-12-24(13-15-26)23-8-10-25(11-9-23)28(29(36)34-18-6-7-19-34)33-30(37)41-32(3,4)5/h8-15,22,27-28H,6-7,16-21H2,1-5H3,(H,33,37). The number of hydrogen-bond donors (Lipinski definition) is 1. The zero-order valence-electron chi connectivity index (χ0n) is 24.9. The van der Waals surface area contributed by atoms with Crippen LogP contribution in [0.3, 0.4) is 0 Å². The topological polar surface area (TPSA) is 97.4 Å². The molecule has 0 radical (unpaired) electrons. The first-order valence-electron chi connectivity index (χ1n) is 14.6. The number of ether oxygens (including phenoxy) is 3. The first-order chi connectivity index (χ1) is 19.5. The van der Waals surface area contributed by atoms with Crippen molar-refractivity contribution in [1.29, 1.82) is 0 Å². The summed E-state index contributed by atoms with van der Waals surface area (Å²) in [4.78, 5) is 41.5. The third kappa shape index (κ3) is 8.62. The highest BCUT2D eigenvalue weighted by molar-refractivity contribution is 5.87. The minimum atomic E-state index is -0.813. The van der Waals surface area contributed by atoms with Gasteiger partial charge in [-0.2, -0.15) is 0 Å². The molecule has 1 unspecified atom stereocenters. The number of nitrogens with zero attached hydrogens (tertiary/aromatic N) is 2. The number of carbonyl (C=O) groups excluding carboxylic acids is 3. The highest BCUT2D eigenvalue weighted by atomic mass is 16.6. The van der Waals surface area contributed by atoms with Crippen molar-refractivity contribution in [3.05, 3.63) is 54.1 Å². The SMILES string of the molecule is CC(C)OC(=O)N1CCC(Oc2ccc(-c3ccc(C(NC(=O)OC(C)(C)C)C(=O)N4CCCC4)cc3)cc2)CC1. The Morgan fingerprint density at radius 1 is 0.829 bits per heavy atom. The van der Waals surface area contributed by atoms with Gasteiger partial charge in [-0.15, -0.1) is 0 Å². The number of amides is 3. The molecule has 2 heterocycles. The molecule has 2 saturated heterocycles. The van der Waals surface area contributed by atoms with Crippen LogP contribution in [0.2, 0.25) is 0 Å². The monoisotopic (exact) mass is 565 g/mol. The maximum absolute atomic E-state index is 13.3. The van der Waals surface area contributed by atoms with Crippen LogP contribution < -0.4 is 10.1 Å². The van der Waals surface area contributed by atoms with Gasteiger partial charge in [0.1, 0.15) is 23.5 Å².